The van der Waals surface area contributed by atoms with Gasteiger partial charge in [-0.1, -0.05) is 12.1 Å². The van der Waals surface area contributed by atoms with Gasteiger partial charge in [0.05, 0.1) is 18.1 Å². The maximum Gasteiger partial charge on any atom is 0.446 e. The normalized spacial score (nSPS) is 11.0. The largest absolute Gasteiger partial charge is 0.446 e. The Bertz CT molecular complexity index is 982. The molecule has 0 aliphatic carbocycles. The lowest BCUT2D eigenvalue weighted by molar-refractivity contribution is -0.0328. The Labute approximate surface area is 166 Å². The minimum atomic E-state index is -4.38. The van der Waals surface area contributed by atoms with Crippen molar-refractivity contribution in [3.05, 3.63) is 66.7 Å². The van der Waals surface area contributed by atoms with Crippen LogP contribution in [0.3, 0.4) is 0 Å². The Morgan fingerprint density at radius 2 is 1.55 bits per heavy atom. The second-order valence-corrected chi connectivity index (χ2v) is 6.58. The molecule has 0 fully saturated rings. The van der Waals surface area contributed by atoms with E-state index in [1.54, 1.807) is 6.07 Å². The maximum atomic E-state index is 13.5. The molecule has 29 heavy (non-hydrogen) atoms. The number of alkyl halides is 3. The molecule has 0 atom stereocenters. The number of para-hydroxylation sites is 1. The molecule has 11 heteroatoms. The Hall–Kier alpha value is -3.34. The minimum absolute atomic E-state index is 0.00213. The highest BCUT2D eigenvalue weighted by Crippen LogP contribution is 2.37. The lowest BCUT2D eigenvalue weighted by atomic mass is 10.3. The number of anilines is 2. The van der Waals surface area contributed by atoms with Gasteiger partial charge in [-0.3, -0.25) is 0 Å². The third-order valence-electron chi connectivity index (χ3n) is 3.27. The summed E-state index contributed by atoms with van der Waals surface area (Å²) >= 11 is -0.247. The van der Waals surface area contributed by atoms with E-state index in [-0.39, 0.29) is 34.1 Å². The average molecular weight is 424 g/mol. The summed E-state index contributed by atoms with van der Waals surface area (Å²) in [5.41, 5.74) is -3.85. The lowest BCUT2D eigenvalue weighted by Crippen LogP contribution is -2.19. The molecule has 150 valence electrons. The van der Waals surface area contributed by atoms with Crippen LogP contribution < -0.4 is 15.4 Å². The first-order valence-electron chi connectivity index (χ1n) is 7.97. The van der Waals surface area contributed by atoms with Crippen LogP contribution >= 0.6 is 11.8 Å². The summed E-state index contributed by atoms with van der Waals surface area (Å²) < 4.78 is 55.7. The molecule has 0 aliphatic rings. The van der Waals surface area contributed by atoms with Crippen molar-refractivity contribution >= 4 is 29.2 Å². The fraction of sp³-hybridized carbons (Fsp3) is 0.0556. The Morgan fingerprint density at radius 3 is 2.17 bits per heavy atom. The first-order chi connectivity index (χ1) is 13.8. The first kappa shape index (κ1) is 20.4. The van der Waals surface area contributed by atoms with E-state index in [0.29, 0.717) is 5.69 Å². The summed E-state index contributed by atoms with van der Waals surface area (Å²) in [7, 11) is 0. The molecular weight excluding hydrogens is 412 g/mol. The van der Waals surface area contributed by atoms with E-state index in [9.17, 15) is 22.4 Å². The first-order valence-corrected chi connectivity index (χ1v) is 8.78. The van der Waals surface area contributed by atoms with Crippen LogP contribution in [-0.2, 0) is 0 Å². The van der Waals surface area contributed by atoms with Crippen LogP contribution in [0.1, 0.15) is 0 Å². The standard InChI is InChI=1S/C18H12F4N4O2S/c19-14-3-1-2-4-15(14)28-17-23-9-12(10-24-17)26-16(27)25-11-5-7-13(8-6-11)29-18(20,21)22/h1-10H,(H2,25,26,27). The van der Waals surface area contributed by atoms with Crippen molar-refractivity contribution < 1.29 is 27.1 Å². The van der Waals surface area contributed by atoms with Gasteiger partial charge in [-0.05, 0) is 48.2 Å². The number of ether oxygens (including phenoxy) is 1. The SMILES string of the molecule is O=C(Nc1ccc(SC(F)(F)F)cc1)Nc1cnc(Oc2ccccc2F)nc1. The molecule has 0 spiro atoms. The fourth-order valence-corrected chi connectivity index (χ4v) is 2.63. The Balaban J connectivity index is 1.55. The molecule has 1 aromatic heterocycles. The fourth-order valence-electron chi connectivity index (χ4n) is 2.09. The summed E-state index contributed by atoms with van der Waals surface area (Å²) in [6, 6.07) is 10.2. The molecule has 6 nitrogen and oxygen atoms in total. The van der Waals surface area contributed by atoms with E-state index in [0.717, 1.165) is 0 Å². The molecule has 2 aromatic carbocycles. The molecule has 3 aromatic rings. The number of thioether (sulfide) groups is 1. The number of hydrogen-bond acceptors (Lipinski definition) is 5. The van der Waals surface area contributed by atoms with E-state index in [4.69, 9.17) is 4.74 Å². The molecule has 2 N–H and O–H groups in total. The van der Waals surface area contributed by atoms with Crippen LogP contribution in [0.15, 0.2) is 65.8 Å². The third kappa shape index (κ3) is 6.35. The highest BCUT2D eigenvalue weighted by atomic mass is 32.2. The van der Waals surface area contributed by atoms with E-state index in [1.807, 2.05) is 0 Å². The van der Waals surface area contributed by atoms with Gasteiger partial charge >= 0.3 is 17.5 Å². The van der Waals surface area contributed by atoms with E-state index < -0.39 is 17.4 Å². The lowest BCUT2D eigenvalue weighted by Gasteiger charge is -2.09. The predicted molar refractivity (Wildman–Crippen MR) is 99.5 cm³/mol. The van der Waals surface area contributed by atoms with Gasteiger partial charge in [0.15, 0.2) is 11.6 Å². The van der Waals surface area contributed by atoms with Crippen molar-refractivity contribution in [3.63, 3.8) is 0 Å². The zero-order chi connectivity index (χ0) is 20.9. The molecular formula is C18H12F4N4O2S. The topological polar surface area (TPSA) is 76.1 Å². The molecule has 0 unspecified atom stereocenters. The monoisotopic (exact) mass is 424 g/mol. The molecule has 2 amide bonds. The minimum Gasteiger partial charge on any atom is -0.421 e. The summed E-state index contributed by atoms with van der Waals surface area (Å²) in [5.74, 6) is -0.615. The summed E-state index contributed by atoms with van der Waals surface area (Å²) in [4.78, 5) is 19.7. The van der Waals surface area contributed by atoms with Crippen LogP contribution in [0.2, 0.25) is 0 Å². The molecule has 0 bridgehead atoms. The number of aromatic nitrogens is 2. The number of nitrogens with zero attached hydrogens (tertiary/aromatic N) is 2. The van der Waals surface area contributed by atoms with Crippen LogP contribution in [0, 0.1) is 5.82 Å². The van der Waals surface area contributed by atoms with Gasteiger partial charge in [0.2, 0.25) is 0 Å². The van der Waals surface area contributed by atoms with E-state index >= 15 is 0 Å². The zero-order valence-corrected chi connectivity index (χ0v) is 15.2. The zero-order valence-electron chi connectivity index (χ0n) is 14.4. The number of benzene rings is 2. The van der Waals surface area contributed by atoms with Crippen molar-refractivity contribution in [2.24, 2.45) is 0 Å². The molecule has 3 rings (SSSR count). The molecule has 0 radical (unpaired) electrons. The van der Waals surface area contributed by atoms with E-state index in [2.05, 4.69) is 20.6 Å². The van der Waals surface area contributed by atoms with Crippen molar-refractivity contribution in [3.8, 4) is 11.8 Å². The van der Waals surface area contributed by atoms with Gasteiger partial charge in [-0.2, -0.15) is 13.2 Å². The van der Waals surface area contributed by atoms with Gasteiger partial charge in [0.1, 0.15) is 0 Å². The van der Waals surface area contributed by atoms with Crippen molar-refractivity contribution in [1.29, 1.82) is 0 Å². The summed E-state index contributed by atoms with van der Waals surface area (Å²) in [6.07, 6.45) is 2.51. The van der Waals surface area contributed by atoms with Crippen LogP contribution in [0.5, 0.6) is 11.8 Å². The third-order valence-corrected chi connectivity index (χ3v) is 4.01. The number of urea groups is 1. The van der Waals surface area contributed by atoms with Crippen molar-refractivity contribution in [1.82, 2.24) is 9.97 Å². The van der Waals surface area contributed by atoms with Gasteiger partial charge in [0, 0.05) is 10.6 Å². The quantitative estimate of drug-likeness (QED) is 0.408. The van der Waals surface area contributed by atoms with Gasteiger partial charge in [0.25, 0.3) is 0 Å². The molecule has 1 heterocycles. The van der Waals surface area contributed by atoms with Crippen LogP contribution in [0.4, 0.5) is 33.7 Å². The molecule has 0 saturated heterocycles. The highest BCUT2D eigenvalue weighted by molar-refractivity contribution is 8.00. The number of amides is 2. The van der Waals surface area contributed by atoms with Crippen LogP contribution in [-0.4, -0.2) is 21.5 Å². The Kier molecular flexibility index (Phi) is 6.17. The van der Waals surface area contributed by atoms with Crippen molar-refractivity contribution in [2.75, 3.05) is 10.6 Å². The number of carbonyl (C=O) groups excluding carboxylic acids is 1. The maximum absolute atomic E-state index is 13.5. The summed E-state index contributed by atoms with van der Waals surface area (Å²) in [5, 5.41) is 4.92. The number of hydrogen-bond donors (Lipinski definition) is 2. The summed E-state index contributed by atoms with van der Waals surface area (Å²) in [6.45, 7) is 0. The predicted octanol–water partition coefficient (Wildman–Crippen LogP) is 5.66. The number of rotatable bonds is 5. The highest BCUT2D eigenvalue weighted by Gasteiger charge is 2.29. The number of carbonyl (C=O) groups is 1. The van der Waals surface area contributed by atoms with Gasteiger partial charge in [-0.25, -0.2) is 19.2 Å². The van der Waals surface area contributed by atoms with Gasteiger partial charge < -0.3 is 15.4 Å². The smallest absolute Gasteiger partial charge is 0.421 e. The second kappa shape index (κ2) is 8.78. The molecule has 0 aliphatic heterocycles. The average Bonchev–Trinajstić information content (AvgIpc) is 2.65. The number of nitrogens with one attached hydrogen (secondary N) is 2. The van der Waals surface area contributed by atoms with Crippen LogP contribution in [0.25, 0.3) is 0 Å². The molecule has 0 saturated carbocycles. The second-order valence-electron chi connectivity index (χ2n) is 5.44. The van der Waals surface area contributed by atoms with Crippen molar-refractivity contribution in [2.45, 2.75) is 10.4 Å². The number of halogens is 4. The van der Waals surface area contributed by atoms with Gasteiger partial charge in [-0.15, -0.1) is 0 Å². The van der Waals surface area contributed by atoms with E-state index in [1.165, 1.54) is 54.9 Å². The Morgan fingerprint density at radius 1 is 0.931 bits per heavy atom.